The van der Waals surface area contributed by atoms with Crippen molar-refractivity contribution in [2.45, 2.75) is 38.1 Å². The van der Waals surface area contributed by atoms with Crippen molar-refractivity contribution in [3.8, 4) is 0 Å². The number of ether oxygens (including phenoxy) is 2. The third-order valence-corrected chi connectivity index (χ3v) is 7.21. The maximum Gasteiger partial charge on any atom is 0.349 e. The van der Waals surface area contributed by atoms with Gasteiger partial charge in [-0.2, -0.15) is 9.36 Å². The Labute approximate surface area is 181 Å². The second kappa shape index (κ2) is 7.35. The first-order chi connectivity index (χ1) is 14.8. The van der Waals surface area contributed by atoms with Crippen LogP contribution in [-0.2, 0) is 40.8 Å². The van der Waals surface area contributed by atoms with Crippen molar-refractivity contribution in [2.75, 3.05) is 14.2 Å². The highest BCUT2D eigenvalue weighted by atomic mass is 16.5. The van der Waals surface area contributed by atoms with Gasteiger partial charge >= 0.3 is 11.4 Å². The first kappa shape index (κ1) is 21.3. The highest BCUT2D eigenvalue weighted by molar-refractivity contribution is 5.26. The summed E-state index contributed by atoms with van der Waals surface area (Å²) in [6, 6.07) is 20.1. The van der Waals surface area contributed by atoms with Gasteiger partial charge in [-0.1, -0.05) is 60.7 Å². The van der Waals surface area contributed by atoms with Crippen molar-refractivity contribution in [2.24, 2.45) is 12.5 Å². The van der Waals surface area contributed by atoms with Crippen LogP contribution in [0.1, 0.15) is 25.0 Å². The molecular formula is C24H29N3O4. The van der Waals surface area contributed by atoms with Gasteiger partial charge in [-0.3, -0.25) is 0 Å². The van der Waals surface area contributed by atoms with Crippen LogP contribution in [0.2, 0.25) is 0 Å². The fraction of sp³-hybridized carbons (Fsp3) is 0.417. The van der Waals surface area contributed by atoms with Crippen LogP contribution in [-0.4, -0.2) is 28.2 Å². The number of hydrogen-bond acceptors (Lipinski definition) is 4. The number of benzene rings is 2. The molecule has 1 aliphatic heterocycles. The Morgan fingerprint density at radius 3 is 1.39 bits per heavy atom. The monoisotopic (exact) mass is 423 g/mol. The van der Waals surface area contributed by atoms with Crippen LogP contribution in [0, 0.1) is 5.41 Å². The molecule has 0 bridgehead atoms. The molecule has 0 N–H and O–H groups in total. The van der Waals surface area contributed by atoms with Crippen LogP contribution in [0.4, 0.5) is 0 Å². The Morgan fingerprint density at radius 1 is 0.710 bits per heavy atom. The summed E-state index contributed by atoms with van der Waals surface area (Å²) < 4.78 is 16.3. The lowest BCUT2D eigenvalue weighted by atomic mass is 9.63. The van der Waals surface area contributed by atoms with Crippen LogP contribution in [0.3, 0.4) is 0 Å². The van der Waals surface area contributed by atoms with Crippen molar-refractivity contribution in [3.05, 3.63) is 92.8 Å². The standard InChI is InChI=1S/C24H29N3O4/c1-22(30-4)24(16-18-12-8-6-9-13-18,17-19-14-10-7-11-15-19)23(2,31-5)27-21(29)25(3)20(28)26(22)27/h6-15H,16-17H2,1-5H3. The molecule has 0 spiro atoms. The zero-order valence-corrected chi connectivity index (χ0v) is 18.7. The van der Waals surface area contributed by atoms with E-state index in [-0.39, 0.29) is 0 Å². The lowest BCUT2D eigenvalue weighted by molar-refractivity contribution is -0.230. The van der Waals surface area contributed by atoms with E-state index in [1.54, 1.807) is 14.2 Å². The molecule has 0 saturated carbocycles. The number of nitrogens with zero attached hydrogens (tertiary/aromatic N) is 3. The Hall–Kier alpha value is -2.90. The average molecular weight is 424 g/mol. The lowest BCUT2D eigenvalue weighted by Gasteiger charge is -2.49. The Morgan fingerprint density at radius 2 is 1.06 bits per heavy atom. The zero-order valence-electron chi connectivity index (χ0n) is 18.7. The minimum Gasteiger partial charge on any atom is -0.356 e. The molecule has 0 saturated heterocycles. The summed E-state index contributed by atoms with van der Waals surface area (Å²) in [6.07, 6.45) is 1.07. The number of fused-ring (bicyclic) bond motifs is 1. The molecule has 2 heterocycles. The van der Waals surface area contributed by atoms with Gasteiger partial charge in [0.25, 0.3) is 0 Å². The van der Waals surface area contributed by atoms with Gasteiger partial charge in [0.1, 0.15) is 0 Å². The lowest BCUT2D eigenvalue weighted by Crippen LogP contribution is -2.59. The summed E-state index contributed by atoms with van der Waals surface area (Å²) in [5, 5.41) is 0. The summed E-state index contributed by atoms with van der Waals surface area (Å²) in [5.74, 6) is 0. The Balaban J connectivity index is 2.07. The predicted octanol–water partition coefficient (Wildman–Crippen LogP) is 2.47. The van der Waals surface area contributed by atoms with E-state index in [1.807, 2.05) is 74.5 Å². The van der Waals surface area contributed by atoms with E-state index in [4.69, 9.17) is 9.47 Å². The summed E-state index contributed by atoms with van der Waals surface area (Å²) in [7, 11) is 4.64. The number of hydrogen-bond donors (Lipinski definition) is 0. The molecule has 0 radical (unpaired) electrons. The third-order valence-electron chi connectivity index (χ3n) is 7.21. The molecule has 2 unspecified atom stereocenters. The van der Waals surface area contributed by atoms with Gasteiger partial charge in [-0.15, -0.1) is 0 Å². The van der Waals surface area contributed by atoms with E-state index < -0.39 is 28.2 Å². The second-order valence-corrected chi connectivity index (χ2v) is 8.53. The molecule has 2 atom stereocenters. The first-order valence-corrected chi connectivity index (χ1v) is 10.4. The molecule has 0 fully saturated rings. The fourth-order valence-electron chi connectivity index (χ4n) is 5.29. The van der Waals surface area contributed by atoms with E-state index in [0.29, 0.717) is 12.8 Å². The number of methoxy groups -OCH3 is 2. The maximum atomic E-state index is 13.2. The molecule has 2 aromatic carbocycles. The van der Waals surface area contributed by atoms with Crippen LogP contribution >= 0.6 is 0 Å². The Bertz CT molecular complexity index is 1100. The molecule has 1 aliphatic rings. The molecule has 4 rings (SSSR count). The molecule has 0 amide bonds. The quantitative estimate of drug-likeness (QED) is 0.611. The van der Waals surface area contributed by atoms with Gasteiger partial charge in [0, 0.05) is 21.3 Å². The van der Waals surface area contributed by atoms with Crippen molar-refractivity contribution in [3.63, 3.8) is 0 Å². The SMILES string of the molecule is COC1(C)n2c(=O)n(C)c(=O)n2C(C)(OC)C1(Cc1ccccc1)Cc1ccccc1. The summed E-state index contributed by atoms with van der Waals surface area (Å²) >= 11 is 0. The smallest absolute Gasteiger partial charge is 0.349 e. The maximum absolute atomic E-state index is 13.2. The normalized spacial score (nSPS) is 24.3. The largest absolute Gasteiger partial charge is 0.356 e. The van der Waals surface area contributed by atoms with Gasteiger partial charge in [0.05, 0.1) is 5.41 Å². The van der Waals surface area contributed by atoms with E-state index in [2.05, 4.69) is 0 Å². The van der Waals surface area contributed by atoms with Gasteiger partial charge in [0.15, 0.2) is 11.4 Å². The van der Waals surface area contributed by atoms with Gasteiger partial charge in [0.2, 0.25) is 0 Å². The minimum atomic E-state index is -1.15. The summed E-state index contributed by atoms with van der Waals surface area (Å²) in [6.45, 7) is 3.75. The molecule has 31 heavy (non-hydrogen) atoms. The van der Waals surface area contributed by atoms with Gasteiger partial charge in [-0.25, -0.2) is 14.2 Å². The van der Waals surface area contributed by atoms with Crippen molar-refractivity contribution in [1.82, 2.24) is 13.9 Å². The second-order valence-electron chi connectivity index (χ2n) is 8.53. The van der Waals surface area contributed by atoms with E-state index in [0.717, 1.165) is 15.7 Å². The number of aromatic nitrogens is 3. The van der Waals surface area contributed by atoms with Crippen LogP contribution in [0.25, 0.3) is 0 Å². The average Bonchev–Trinajstić information content (AvgIpc) is 3.12. The van der Waals surface area contributed by atoms with Crippen LogP contribution < -0.4 is 11.4 Å². The number of rotatable bonds is 6. The highest BCUT2D eigenvalue weighted by Gasteiger charge is 2.70. The summed E-state index contributed by atoms with van der Waals surface area (Å²) in [4.78, 5) is 26.4. The third kappa shape index (κ3) is 2.73. The van der Waals surface area contributed by atoms with E-state index in [9.17, 15) is 9.59 Å². The van der Waals surface area contributed by atoms with Crippen LogP contribution in [0.15, 0.2) is 70.3 Å². The molecule has 7 heteroatoms. The van der Waals surface area contributed by atoms with E-state index in [1.165, 1.54) is 16.4 Å². The topological polar surface area (TPSA) is 67.4 Å². The molecule has 0 aliphatic carbocycles. The zero-order chi connectivity index (χ0) is 22.4. The first-order valence-electron chi connectivity index (χ1n) is 10.4. The minimum absolute atomic E-state index is 0.430. The summed E-state index contributed by atoms with van der Waals surface area (Å²) in [5.41, 5.74) is -1.83. The highest BCUT2D eigenvalue weighted by Crippen LogP contribution is 2.58. The Kier molecular flexibility index (Phi) is 5.06. The van der Waals surface area contributed by atoms with Gasteiger partial charge in [-0.05, 0) is 37.8 Å². The van der Waals surface area contributed by atoms with E-state index >= 15 is 0 Å². The molecular weight excluding hydrogens is 394 g/mol. The van der Waals surface area contributed by atoms with Gasteiger partial charge < -0.3 is 9.47 Å². The fourth-order valence-corrected chi connectivity index (χ4v) is 5.29. The molecule has 164 valence electrons. The van der Waals surface area contributed by atoms with Crippen LogP contribution in [0.5, 0.6) is 0 Å². The molecule has 3 aromatic rings. The van der Waals surface area contributed by atoms with Crippen molar-refractivity contribution >= 4 is 0 Å². The molecule has 1 aromatic heterocycles. The predicted molar refractivity (Wildman–Crippen MR) is 118 cm³/mol. The van der Waals surface area contributed by atoms with Crippen molar-refractivity contribution < 1.29 is 9.47 Å². The van der Waals surface area contributed by atoms with Crippen molar-refractivity contribution in [1.29, 1.82) is 0 Å². The molecule has 7 nitrogen and oxygen atoms in total.